The molecule has 4 heterocycles. The van der Waals surface area contributed by atoms with Gasteiger partial charge in [0.15, 0.2) is 0 Å². The van der Waals surface area contributed by atoms with E-state index in [4.69, 9.17) is 4.74 Å². The molecule has 0 aliphatic heterocycles. The summed E-state index contributed by atoms with van der Waals surface area (Å²) >= 11 is 7.35. The molecule has 0 saturated heterocycles. The molecule has 32 heavy (non-hydrogen) atoms. The van der Waals surface area contributed by atoms with Crippen LogP contribution in [0.4, 0.5) is 4.79 Å². The Balaban J connectivity index is 1.43. The van der Waals surface area contributed by atoms with E-state index in [9.17, 15) is 4.79 Å². The van der Waals surface area contributed by atoms with E-state index >= 15 is 0 Å². The molecular weight excluding hydrogens is 475 g/mol. The molecule has 0 radical (unpaired) electrons. The highest BCUT2D eigenvalue weighted by molar-refractivity contribution is 7.28. The zero-order chi connectivity index (χ0) is 22.9. The first-order valence-electron chi connectivity index (χ1n) is 10.5. The number of rotatable bonds is 6. The zero-order valence-electron chi connectivity index (χ0n) is 18.9. The number of thiophene rings is 4. The third kappa shape index (κ3) is 5.52. The van der Waals surface area contributed by atoms with Crippen molar-refractivity contribution in [1.82, 2.24) is 5.32 Å². The highest BCUT2D eigenvalue weighted by Gasteiger charge is 2.17. The first kappa shape index (κ1) is 23.2. The highest BCUT2D eigenvalue weighted by Crippen LogP contribution is 2.45. The molecule has 0 spiro atoms. The fourth-order valence-corrected chi connectivity index (χ4v) is 7.87. The van der Waals surface area contributed by atoms with Gasteiger partial charge in [0.2, 0.25) is 0 Å². The Kier molecular flexibility index (Phi) is 6.91. The summed E-state index contributed by atoms with van der Waals surface area (Å²) in [5, 5.41) is 5.00. The second-order valence-electron chi connectivity index (χ2n) is 8.66. The van der Waals surface area contributed by atoms with Gasteiger partial charge in [-0.25, -0.2) is 4.79 Å². The van der Waals surface area contributed by atoms with Gasteiger partial charge in [0.1, 0.15) is 5.60 Å². The SMILES string of the molecule is Cc1ccsc1-c1ccc(-c2sc(-c3ccc(CCNC(=O)OC(C)(C)C)s3)cc2C)s1. The zero-order valence-corrected chi connectivity index (χ0v) is 22.2. The van der Waals surface area contributed by atoms with Gasteiger partial charge in [-0.15, -0.1) is 45.3 Å². The number of ether oxygens (including phenoxy) is 1. The predicted octanol–water partition coefficient (Wildman–Crippen LogP) is 8.62. The van der Waals surface area contributed by atoms with Gasteiger partial charge in [-0.1, -0.05) is 0 Å². The molecule has 0 aliphatic rings. The van der Waals surface area contributed by atoms with Gasteiger partial charge in [0, 0.05) is 40.7 Å². The van der Waals surface area contributed by atoms with Gasteiger partial charge in [-0.05, 0) is 93.9 Å². The third-order valence-corrected chi connectivity index (χ3v) is 9.82. The molecular formula is C25H27NO2S4. The maximum atomic E-state index is 11.8. The summed E-state index contributed by atoms with van der Waals surface area (Å²) in [7, 11) is 0. The van der Waals surface area contributed by atoms with Gasteiger partial charge in [-0.3, -0.25) is 0 Å². The minimum Gasteiger partial charge on any atom is -0.444 e. The number of hydrogen-bond donors (Lipinski definition) is 1. The fraction of sp³-hybridized carbons (Fsp3) is 0.320. The quantitative estimate of drug-likeness (QED) is 0.287. The number of amides is 1. The largest absolute Gasteiger partial charge is 0.444 e. The van der Waals surface area contributed by atoms with E-state index in [0.717, 1.165) is 6.42 Å². The van der Waals surface area contributed by atoms with Crippen LogP contribution in [0.3, 0.4) is 0 Å². The predicted molar refractivity (Wildman–Crippen MR) is 142 cm³/mol. The van der Waals surface area contributed by atoms with Crippen molar-refractivity contribution in [1.29, 1.82) is 0 Å². The van der Waals surface area contributed by atoms with Crippen LogP contribution in [0.1, 0.15) is 36.8 Å². The molecule has 0 bridgehead atoms. The molecule has 4 aromatic heterocycles. The van der Waals surface area contributed by atoms with Crippen LogP contribution in [0.25, 0.3) is 29.3 Å². The smallest absolute Gasteiger partial charge is 0.407 e. The van der Waals surface area contributed by atoms with Crippen molar-refractivity contribution in [3.05, 3.63) is 57.8 Å². The molecule has 0 aromatic carbocycles. The van der Waals surface area contributed by atoms with Crippen molar-refractivity contribution in [3.63, 3.8) is 0 Å². The van der Waals surface area contributed by atoms with Crippen LogP contribution in [-0.4, -0.2) is 18.2 Å². The lowest BCUT2D eigenvalue weighted by molar-refractivity contribution is 0.0528. The molecule has 0 unspecified atom stereocenters. The Morgan fingerprint density at radius 2 is 1.59 bits per heavy atom. The Labute approximate surface area is 205 Å². The van der Waals surface area contributed by atoms with Crippen LogP contribution in [-0.2, 0) is 11.2 Å². The molecule has 3 nitrogen and oxygen atoms in total. The summed E-state index contributed by atoms with van der Waals surface area (Å²) < 4.78 is 5.30. The van der Waals surface area contributed by atoms with Gasteiger partial charge >= 0.3 is 6.09 Å². The first-order valence-corrected chi connectivity index (χ1v) is 13.8. The Morgan fingerprint density at radius 3 is 2.28 bits per heavy atom. The highest BCUT2D eigenvalue weighted by atomic mass is 32.1. The molecule has 1 N–H and O–H groups in total. The van der Waals surface area contributed by atoms with E-state index in [1.54, 1.807) is 11.3 Å². The summed E-state index contributed by atoms with van der Waals surface area (Å²) in [6.07, 6.45) is 0.441. The average molecular weight is 502 g/mol. The third-order valence-electron chi connectivity index (χ3n) is 4.78. The van der Waals surface area contributed by atoms with Crippen LogP contribution >= 0.6 is 45.3 Å². The number of carbonyl (C=O) groups is 1. The average Bonchev–Trinajstić information content (AvgIpc) is 3.46. The minimum absolute atomic E-state index is 0.360. The van der Waals surface area contributed by atoms with Crippen molar-refractivity contribution in [2.24, 2.45) is 0 Å². The van der Waals surface area contributed by atoms with Crippen LogP contribution in [0.5, 0.6) is 0 Å². The molecule has 4 aromatic rings. The summed E-state index contributed by atoms with van der Waals surface area (Å²) in [6.45, 7) is 10.6. The van der Waals surface area contributed by atoms with E-state index < -0.39 is 5.60 Å². The van der Waals surface area contributed by atoms with Crippen molar-refractivity contribution in [2.45, 2.75) is 46.6 Å². The Morgan fingerprint density at radius 1 is 0.875 bits per heavy atom. The summed E-state index contributed by atoms with van der Waals surface area (Å²) in [6, 6.07) is 13.3. The molecule has 0 aliphatic carbocycles. The number of alkyl carbamates (subject to hydrolysis) is 1. The molecule has 0 atom stereocenters. The molecule has 1 amide bonds. The maximum absolute atomic E-state index is 11.8. The van der Waals surface area contributed by atoms with Gasteiger partial charge in [0.25, 0.3) is 0 Å². The monoisotopic (exact) mass is 501 g/mol. The van der Waals surface area contributed by atoms with E-state index in [1.165, 1.54) is 45.3 Å². The van der Waals surface area contributed by atoms with E-state index in [-0.39, 0.29) is 6.09 Å². The standard InChI is InChI=1S/C25H27NO2S4/c1-15-11-13-29-22(15)19-8-9-20(31-19)23-16(2)14-21(32-23)18-7-6-17(30-18)10-12-26-24(27)28-25(3,4)5/h6-9,11,13-14H,10,12H2,1-5H3,(H,26,27). The van der Waals surface area contributed by atoms with Crippen molar-refractivity contribution >= 4 is 51.4 Å². The van der Waals surface area contributed by atoms with Crippen LogP contribution in [0, 0.1) is 13.8 Å². The van der Waals surface area contributed by atoms with E-state index in [2.05, 4.69) is 60.9 Å². The van der Waals surface area contributed by atoms with Crippen LogP contribution < -0.4 is 5.32 Å². The normalized spacial score (nSPS) is 11.7. The van der Waals surface area contributed by atoms with Crippen molar-refractivity contribution in [2.75, 3.05) is 6.54 Å². The van der Waals surface area contributed by atoms with E-state index in [1.807, 2.05) is 54.8 Å². The molecule has 0 fully saturated rings. The second-order valence-corrected chi connectivity index (χ2v) is 12.9. The minimum atomic E-state index is -0.471. The van der Waals surface area contributed by atoms with Crippen molar-refractivity contribution < 1.29 is 9.53 Å². The fourth-order valence-electron chi connectivity index (χ4n) is 3.30. The van der Waals surface area contributed by atoms with Crippen molar-refractivity contribution in [3.8, 4) is 29.3 Å². The number of carbonyl (C=O) groups excluding carboxylic acids is 1. The number of aryl methyl sites for hydroxylation is 2. The Hall–Kier alpha value is -1.93. The first-order chi connectivity index (χ1) is 15.2. The van der Waals surface area contributed by atoms with Crippen LogP contribution in [0.15, 0.2) is 41.8 Å². The van der Waals surface area contributed by atoms with Crippen LogP contribution in [0.2, 0.25) is 0 Å². The number of hydrogen-bond acceptors (Lipinski definition) is 6. The molecule has 7 heteroatoms. The topological polar surface area (TPSA) is 38.3 Å². The molecule has 168 valence electrons. The summed E-state index contributed by atoms with van der Waals surface area (Å²) in [5.74, 6) is 0. The Bertz CT molecular complexity index is 1220. The lowest BCUT2D eigenvalue weighted by atomic mass is 10.2. The van der Waals surface area contributed by atoms with E-state index in [0.29, 0.717) is 6.54 Å². The lowest BCUT2D eigenvalue weighted by Crippen LogP contribution is -2.33. The molecule has 0 saturated carbocycles. The lowest BCUT2D eigenvalue weighted by Gasteiger charge is -2.19. The molecule has 4 rings (SSSR count). The van der Waals surface area contributed by atoms with Gasteiger partial charge in [-0.2, -0.15) is 0 Å². The maximum Gasteiger partial charge on any atom is 0.407 e. The summed E-state index contributed by atoms with van der Waals surface area (Å²) in [5.41, 5.74) is 2.20. The number of nitrogens with one attached hydrogen (secondary N) is 1. The van der Waals surface area contributed by atoms with Gasteiger partial charge in [0.05, 0.1) is 0 Å². The van der Waals surface area contributed by atoms with Gasteiger partial charge < -0.3 is 10.1 Å². The summed E-state index contributed by atoms with van der Waals surface area (Å²) in [4.78, 5) is 21.1. The second kappa shape index (κ2) is 9.51.